The van der Waals surface area contributed by atoms with Gasteiger partial charge in [-0.05, 0) is 6.92 Å². The molecule has 1 unspecified atom stereocenters. The number of carbonyl (C=O) groups is 1. The molecule has 1 saturated heterocycles. The van der Waals surface area contributed by atoms with Crippen LogP contribution in [0.25, 0.3) is 0 Å². The maximum Gasteiger partial charge on any atom is 0.274 e. The van der Waals surface area contributed by atoms with Crippen LogP contribution < -0.4 is 5.73 Å². The number of hydrogen-bond acceptors (Lipinski definition) is 5. The molecule has 1 amide bonds. The monoisotopic (exact) mass is 258 g/mol. The van der Waals surface area contributed by atoms with E-state index in [1.54, 1.807) is 6.92 Å². The van der Waals surface area contributed by atoms with Crippen molar-refractivity contribution in [1.82, 2.24) is 15.1 Å². The highest BCUT2D eigenvalue weighted by Crippen LogP contribution is 2.17. The second kappa shape index (κ2) is 4.02. The molecule has 17 heavy (non-hydrogen) atoms. The SMILES string of the molecule is CC1CS(=O)(=O)CCN1C(=O)c1[nH]ncc1N. The summed E-state index contributed by atoms with van der Waals surface area (Å²) in [6, 6.07) is -0.344. The van der Waals surface area contributed by atoms with E-state index in [9.17, 15) is 13.2 Å². The van der Waals surface area contributed by atoms with Crippen molar-refractivity contribution in [1.29, 1.82) is 0 Å². The van der Waals surface area contributed by atoms with Crippen LogP contribution in [0.5, 0.6) is 0 Å². The fourth-order valence-electron chi connectivity index (χ4n) is 1.91. The van der Waals surface area contributed by atoms with E-state index in [1.807, 2.05) is 0 Å². The number of sulfone groups is 1. The molecule has 1 fully saturated rings. The molecule has 1 atom stereocenters. The third-order valence-corrected chi connectivity index (χ3v) is 4.61. The van der Waals surface area contributed by atoms with Gasteiger partial charge in [-0.15, -0.1) is 0 Å². The topological polar surface area (TPSA) is 109 Å². The van der Waals surface area contributed by atoms with Gasteiger partial charge in [-0.3, -0.25) is 9.89 Å². The summed E-state index contributed by atoms with van der Waals surface area (Å²) >= 11 is 0. The second-order valence-corrected chi connectivity index (χ2v) is 6.39. The Balaban J connectivity index is 2.20. The predicted octanol–water partition coefficient (Wildman–Crippen LogP) is -0.749. The Bertz CT molecular complexity index is 536. The van der Waals surface area contributed by atoms with Crippen molar-refractivity contribution in [3.05, 3.63) is 11.9 Å². The van der Waals surface area contributed by atoms with Gasteiger partial charge in [0.15, 0.2) is 9.84 Å². The smallest absolute Gasteiger partial charge is 0.274 e. The number of anilines is 1. The van der Waals surface area contributed by atoms with Gasteiger partial charge in [0.05, 0.1) is 23.4 Å². The highest BCUT2D eigenvalue weighted by molar-refractivity contribution is 7.91. The summed E-state index contributed by atoms with van der Waals surface area (Å²) in [5.74, 6) is -0.313. The van der Waals surface area contributed by atoms with Crippen LogP contribution in [0, 0.1) is 0 Å². The number of aromatic amines is 1. The van der Waals surface area contributed by atoms with Crippen LogP contribution in [0.1, 0.15) is 17.4 Å². The standard InChI is InChI=1S/C9H14N4O3S/c1-6-5-17(15,16)3-2-13(6)9(14)8-7(10)4-11-12-8/h4,6H,2-3,5,10H2,1H3,(H,11,12). The summed E-state index contributed by atoms with van der Waals surface area (Å²) in [5.41, 5.74) is 6.08. The molecule has 1 aromatic heterocycles. The number of nitrogens with two attached hydrogens (primary N) is 1. The molecule has 0 radical (unpaired) electrons. The van der Waals surface area contributed by atoms with Crippen molar-refractivity contribution in [2.75, 3.05) is 23.8 Å². The molecule has 0 saturated carbocycles. The molecule has 7 nitrogen and oxygen atoms in total. The first-order valence-corrected chi connectivity index (χ1v) is 7.03. The summed E-state index contributed by atoms with van der Waals surface area (Å²) in [5, 5.41) is 6.20. The summed E-state index contributed by atoms with van der Waals surface area (Å²) in [7, 11) is -3.03. The Morgan fingerprint density at radius 2 is 2.35 bits per heavy atom. The van der Waals surface area contributed by atoms with Crippen LogP contribution in [0.15, 0.2) is 6.20 Å². The lowest BCUT2D eigenvalue weighted by atomic mass is 10.2. The molecule has 1 aliphatic rings. The van der Waals surface area contributed by atoms with Crippen LogP contribution in [0.2, 0.25) is 0 Å². The Morgan fingerprint density at radius 3 is 2.88 bits per heavy atom. The van der Waals surface area contributed by atoms with Gasteiger partial charge in [-0.1, -0.05) is 0 Å². The summed E-state index contributed by atoms with van der Waals surface area (Å²) in [6.45, 7) is 1.90. The van der Waals surface area contributed by atoms with Crippen molar-refractivity contribution >= 4 is 21.4 Å². The van der Waals surface area contributed by atoms with E-state index >= 15 is 0 Å². The molecule has 3 N–H and O–H groups in total. The third-order valence-electron chi connectivity index (χ3n) is 2.81. The van der Waals surface area contributed by atoms with Gasteiger partial charge in [-0.2, -0.15) is 5.10 Å². The van der Waals surface area contributed by atoms with Crippen LogP contribution in [0.3, 0.4) is 0 Å². The molecule has 2 rings (SSSR count). The minimum Gasteiger partial charge on any atom is -0.396 e. The van der Waals surface area contributed by atoms with E-state index < -0.39 is 9.84 Å². The number of nitrogens with one attached hydrogen (secondary N) is 1. The normalized spacial score (nSPS) is 23.6. The van der Waals surface area contributed by atoms with E-state index in [-0.39, 0.29) is 41.4 Å². The first-order chi connectivity index (χ1) is 7.91. The Labute approximate surface area is 98.9 Å². The summed E-state index contributed by atoms with van der Waals surface area (Å²) in [6.07, 6.45) is 1.36. The van der Waals surface area contributed by atoms with Crippen molar-refractivity contribution in [2.45, 2.75) is 13.0 Å². The maximum absolute atomic E-state index is 12.1. The number of amides is 1. The predicted molar refractivity (Wildman–Crippen MR) is 62.2 cm³/mol. The number of aromatic nitrogens is 2. The zero-order valence-electron chi connectivity index (χ0n) is 9.38. The number of H-pyrrole nitrogens is 1. The van der Waals surface area contributed by atoms with E-state index in [0.29, 0.717) is 0 Å². The first-order valence-electron chi connectivity index (χ1n) is 5.21. The van der Waals surface area contributed by atoms with Crippen LogP contribution in [0.4, 0.5) is 5.69 Å². The molecule has 1 aliphatic heterocycles. The van der Waals surface area contributed by atoms with E-state index in [4.69, 9.17) is 5.73 Å². The molecule has 0 aliphatic carbocycles. The molecule has 94 valence electrons. The van der Waals surface area contributed by atoms with Crippen molar-refractivity contribution < 1.29 is 13.2 Å². The average molecular weight is 258 g/mol. The first kappa shape index (κ1) is 11.9. The molecular weight excluding hydrogens is 244 g/mol. The van der Waals surface area contributed by atoms with Crippen LogP contribution in [-0.2, 0) is 9.84 Å². The van der Waals surface area contributed by atoms with Crippen molar-refractivity contribution in [2.24, 2.45) is 0 Å². The van der Waals surface area contributed by atoms with E-state index in [0.717, 1.165) is 0 Å². The fraction of sp³-hybridized carbons (Fsp3) is 0.556. The molecule has 0 bridgehead atoms. The van der Waals surface area contributed by atoms with Gasteiger partial charge >= 0.3 is 0 Å². The number of nitrogen functional groups attached to an aromatic ring is 1. The lowest BCUT2D eigenvalue weighted by Crippen LogP contribution is -2.49. The average Bonchev–Trinajstić information content (AvgIpc) is 2.62. The van der Waals surface area contributed by atoms with Gasteiger partial charge in [0, 0.05) is 12.6 Å². The third kappa shape index (κ3) is 2.26. The summed E-state index contributed by atoms with van der Waals surface area (Å²) in [4.78, 5) is 13.6. The molecule has 2 heterocycles. The lowest BCUT2D eigenvalue weighted by molar-refractivity contribution is 0.0707. The second-order valence-electron chi connectivity index (χ2n) is 4.16. The fourth-order valence-corrected chi connectivity index (χ4v) is 3.47. The van der Waals surface area contributed by atoms with E-state index in [2.05, 4.69) is 10.2 Å². The molecule has 1 aromatic rings. The molecule has 8 heteroatoms. The molecular formula is C9H14N4O3S. The number of carbonyl (C=O) groups excluding carboxylic acids is 1. The summed E-state index contributed by atoms with van der Waals surface area (Å²) < 4.78 is 22.8. The van der Waals surface area contributed by atoms with E-state index in [1.165, 1.54) is 11.1 Å². The zero-order valence-corrected chi connectivity index (χ0v) is 10.2. The zero-order chi connectivity index (χ0) is 12.6. The number of hydrogen-bond donors (Lipinski definition) is 2. The van der Waals surface area contributed by atoms with Gasteiger partial charge in [0.25, 0.3) is 5.91 Å². The number of nitrogens with zero attached hydrogens (tertiary/aromatic N) is 2. The van der Waals surface area contributed by atoms with Gasteiger partial charge in [0.1, 0.15) is 5.69 Å². The lowest BCUT2D eigenvalue weighted by Gasteiger charge is -2.32. The van der Waals surface area contributed by atoms with Gasteiger partial charge in [-0.25, -0.2) is 8.42 Å². The van der Waals surface area contributed by atoms with Crippen LogP contribution in [-0.4, -0.2) is 53.5 Å². The Kier molecular flexibility index (Phi) is 2.82. The van der Waals surface area contributed by atoms with Crippen LogP contribution >= 0.6 is 0 Å². The minimum absolute atomic E-state index is 0.00286. The Hall–Kier alpha value is -1.57. The largest absolute Gasteiger partial charge is 0.396 e. The Morgan fingerprint density at radius 1 is 1.65 bits per heavy atom. The molecule has 0 aromatic carbocycles. The maximum atomic E-state index is 12.1. The van der Waals surface area contributed by atoms with Gasteiger partial charge < -0.3 is 10.6 Å². The molecule has 0 spiro atoms. The van der Waals surface area contributed by atoms with Crippen molar-refractivity contribution in [3.8, 4) is 0 Å². The minimum atomic E-state index is -3.03. The van der Waals surface area contributed by atoms with Crippen molar-refractivity contribution in [3.63, 3.8) is 0 Å². The highest BCUT2D eigenvalue weighted by atomic mass is 32.2. The van der Waals surface area contributed by atoms with Gasteiger partial charge in [0.2, 0.25) is 0 Å². The highest BCUT2D eigenvalue weighted by Gasteiger charge is 2.32. The quantitative estimate of drug-likeness (QED) is 0.689. The number of rotatable bonds is 1.